The first kappa shape index (κ1) is 18.7. The van der Waals surface area contributed by atoms with Gasteiger partial charge < -0.3 is 14.6 Å². The SMILES string of the molecule is CC(C)c1cccc(C(C)C)c1OC(=O)COC(=O)CC(=O)O. The molecular weight excluding hydrogens is 300 g/mol. The molecule has 0 unspecified atom stereocenters. The van der Waals surface area contributed by atoms with Crippen molar-refractivity contribution < 1.29 is 29.0 Å². The van der Waals surface area contributed by atoms with Crippen LogP contribution in [0.25, 0.3) is 0 Å². The van der Waals surface area contributed by atoms with E-state index in [4.69, 9.17) is 9.84 Å². The highest BCUT2D eigenvalue weighted by atomic mass is 16.6. The molecule has 0 saturated carbocycles. The van der Waals surface area contributed by atoms with Crippen LogP contribution in [0.2, 0.25) is 0 Å². The highest BCUT2D eigenvalue weighted by Gasteiger charge is 2.19. The van der Waals surface area contributed by atoms with Gasteiger partial charge in [0.25, 0.3) is 0 Å². The zero-order valence-corrected chi connectivity index (χ0v) is 13.8. The molecule has 0 aliphatic carbocycles. The van der Waals surface area contributed by atoms with Crippen molar-refractivity contribution in [3.8, 4) is 5.75 Å². The van der Waals surface area contributed by atoms with E-state index in [1.54, 1.807) is 0 Å². The van der Waals surface area contributed by atoms with Crippen LogP contribution in [0.4, 0.5) is 0 Å². The normalized spacial score (nSPS) is 10.7. The number of aliphatic carboxylic acids is 1. The lowest BCUT2D eigenvalue weighted by Crippen LogP contribution is -2.21. The van der Waals surface area contributed by atoms with E-state index >= 15 is 0 Å². The first-order valence-electron chi connectivity index (χ1n) is 7.43. The van der Waals surface area contributed by atoms with Crippen molar-refractivity contribution in [1.29, 1.82) is 0 Å². The molecule has 6 nitrogen and oxygen atoms in total. The number of carboxylic acid groups (broad SMARTS) is 1. The quantitative estimate of drug-likeness (QED) is 0.471. The molecule has 1 N–H and O–H groups in total. The van der Waals surface area contributed by atoms with Crippen LogP contribution in [0.1, 0.15) is 57.1 Å². The summed E-state index contributed by atoms with van der Waals surface area (Å²) in [6, 6.07) is 5.68. The van der Waals surface area contributed by atoms with Crippen molar-refractivity contribution in [2.45, 2.75) is 46.0 Å². The summed E-state index contributed by atoms with van der Waals surface area (Å²) in [5.41, 5.74) is 1.78. The molecule has 0 saturated heterocycles. The number of rotatable bonds is 7. The average molecular weight is 322 g/mol. The molecule has 0 aromatic heterocycles. The fourth-order valence-corrected chi connectivity index (χ4v) is 2.06. The van der Waals surface area contributed by atoms with Crippen molar-refractivity contribution in [3.63, 3.8) is 0 Å². The molecule has 0 bridgehead atoms. The van der Waals surface area contributed by atoms with Gasteiger partial charge in [0.05, 0.1) is 0 Å². The van der Waals surface area contributed by atoms with E-state index in [1.807, 2.05) is 45.9 Å². The van der Waals surface area contributed by atoms with Crippen LogP contribution in [0.3, 0.4) is 0 Å². The molecule has 6 heteroatoms. The molecule has 0 aliphatic heterocycles. The number of carbonyl (C=O) groups excluding carboxylic acids is 2. The lowest BCUT2D eigenvalue weighted by atomic mass is 9.94. The van der Waals surface area contributed by atoms with E-state index in [1.165, 1.54) is 0 Å². The highest BCUT2D eigenvalue weighted by Crippen LogP contribution is 2.34. The van der Waals surface area contributed by atoms with E-state index in [0.717, 1.165) is 11.1 Å². The Hall–Kier alpha value is -2.37. The second kappa shape index (κ2) is 8.31. The summed E-state index contributed by atoms with van der Waals surface area (Å²) in [6.45, 7) is 7.34. The Balaban J connectivity index is 2.84. The van der Waals surface area contributed by atoms with Gasteiger partial charge in [0.1, 0.15) is 12.2 Å². The Morgan fingerprint density at radius 1 is 1.00 bits per heavy atom. The Kier molecular flexibility index (Phi) is 6.75. The van der Waals surface area contributed by atoms with E-state index in [0.29, 0.717) is 5.75 Å². The third-order valence-electron chi connectivity index (χ3n) is 3.18. The molecule has 1 aromatic carbocycles. The number of esters is 2. The fourth-order valence-electron chi connectivity index (χ4n) is 2.06. The number of hydrogen-bond acceptors (Lipinski definition) is 5. The van der Waals surface area contributed by atoms with Gasteiger partial charge in [-0.05, 0) is 23.0 Å². The molecule has 0 amide bonds. The Labute approximate surface area is 135 Å². The minimum absolute atomic E-state index is 0.158. The maximum absolute atomic E-state index is 11.9. The second-order valence-corrected chi connectivity index (χ2v) is 5.78. The van der Waals surface area contributed by atoms with Crippen LogP contribution < -0.4 is 4.74 Å². The van der Waals surface area contributed by atoms with Gasteiger partial charge in [0.2, 0.25) is 0 Å². The van der Waals surface area contributed by atoms with Crippen LogP contribution in [0.15, 0.2) is 18.2 Å². The average Bonchev–Trinajstić information content (AvgIpc) is 2.44. The summed E-state index contributed by atoms with van der Waals surface area (Å²) < 4.78 is 9.98. The van der Waals surface area contributed by atoms with Gasteiger partial charge in [-0.3, -0.25) is 9.59 Å². The standard InChI is InChI=1S/C17H22O6/c1-10(2)12-6-5-7-13(11(3)4)17(12)23-16(21)9-22-15(20)8-14(18)19/h5-7,10-11H,8-9H2,1-4H3,(H,18,19). The zero-order valence-electron chi connectivity index (χ0n) is 13.8. The Bertz CT molecular complexity index is 562. The van der Waals surface area contributed by atoms with E-state index in [2.05, 4.69) is 4.74 Å². The van der Waals surface area contributed by atoms with Crippen LogP contribution in [-0.2, 0) is 19.1 Å². The molecular formula is C17H22O6. The number of carboxylic acids is 1. The Morgan fingerprint density at radius 3 is 1.96 bits per heavy atom. The van der Waals surface area contributed by atoms with Gasteiger partial charge in [-0.15, -0.1) is 0 Å². The minimum Gasteiger partial charge on any atom is -0.481 e. The van der Waals surface area contributed by atoms with Crippen molar-refractivity contribution in [1.82, 2.24) is 0 Å². The summed E-state index contributed by atoms with van der Waals surface area (Å²) >= 11 is 0. The largest absolute Gasteiger partial charge is 0.481 e. The van der Waals surface area contributed by atoms with E-state index in [-0.39, 0.29) is 11.8 Å². The van der Waals surface area contributed by atoms with E-state index < -0.39 is 30.9 Å². The molecule has 126 valence electrons. The fraction of sp³-hybridized carbons (Fsp3) is 0.471. The Morgan fingerprint density at radius 2 is 1.52 bits per heavy atom. The molecule has 0 radical (unpaired) electrons. The predicted octanol–water partition coefficient (Wildman–Crippen LogP) is 2.86. The molecule has 0 aliphatic rings. The van der Waals surface area contributed by atoms with Gasteiger partial charge in [0, 0.05) is 0 Å². The summed E-state index contributed by atoms with van der Waals surface area (Å²) in [6.07, 6.45) is -0.785. The van der Waals surface area contributed by atoms with Crippen molar-refractivity contribution in [3.05, 3.63) is 29.3 Å². The van der Waals surface area contributed by atoms with Gasteiger partial charge >= 0.3 is 17.9 Å². The molecule has 1 rings (SSSR count). The number of benzene rings is 1. The molecule has 0 fully saturated rings. The highest BCUT2D eigenvalue weighted by molar-refractivity contribution is 5.91. The van der Waals surface area contributed by atoms with Crippen molar-refractivity contribution in [2.75, 3.05) is 6.61 Å². The first-order valence-corrected chi connectivity index (χ1v) is 7.43. The summed E-state index contributed by atoms with van der Waals surface area (Å²) in [4.78, 5) is 33.4. The number of carbonyl (C=O) groups is 3. The van der Waals surface area contributed by atoms with E-state index in [9.17, 15) is 14.4 Å². The zero-order chi connectivity index (χ0) is 17.6. The van der Waals surface area contributed by atoms with Crippen LogP contribution in [-0.4, -0.2) is 29.6 Å². The summed E-state index contributed by atoms with van der Waals surface area (Å²) in [5.74, 6) is -2.22. The maximum atomic E-state index is 11.9. The third-order valence-corrected chi connectivity index (χ3v) is 3.18. The molecule has 0 spiro atoms. The predicted molar refractivity (Wildman–Crippen MR) is 83.5 cm³/mol. The van der Waals surface area contributed by atoms with Crippen LogP contribution in [0, 0.1) is 0 Å². The number of ether oxygens (including phenoxy) is 2. The molecule has 0 atom stereocenters. The maximum Gasteiger partial charge on any atom is 0.349 e. The summed E-state index contributed by atoms with van der Waals surface area (Å²) in [5, 5.41) is 8.46. The molecule has 1 aromatic rings. The smallest absolute Gasteiger partial charge is 0.349 e. The first-order chi connectivity index (χ1) is 10.7. The van der Waals surface area contributed by atoms with Gasteiger partial charge in [-0.25, -0.2) is 4.79 Å². The second-order valence-electron chi connectivity index (χ2n) is 5.78. The molecule has 0 heterocycles. The minimum atomic E-state index is -1.31. The number of para-hydroxylation sites is 1. The lowest BCUT2D eigenvalue weighted by molar-refractivity contribution is -0.157. The van der Waals surface area contributed by atoms with Crippen LogP contribution in [0.5, 0.6) is 5.75 Å². The van der Waals surface area contributed by atoms with Crippen molar-refractivity contribution in [2.24, 2.45) is 0 Å². The van der Waals surface area contributed by atoms with Gasteiger partial charge in [-0.1, -0.05) is 45.9 Å². The topological polar surface area (TPSA) is 89.9 Å². The monoisotopic (exact) mass is 322 g/mol. The third kappa shape index (κ3) is 5.73. The number of hydrogen-bond donors (Lipinski definition) is 1. The van der Waals surface area contributed by atoms with Crippen LogP contribution >= 0.6 is 0 Å². The van der Waals surface area contributed by atoms with Gasteiger partial charge in [-0.2, -0.15) is 0 Å². The van der Waals surface area contributed by atoms with Gasteiger partial charge in [0.15, 0.2) is 6.61 Å². The van der Waals surface area contributed by atoms with Crippen molar-refractivity contribution >= 4 is 17.9 Å². The molecule has 23 heavy (non-hydrogen) atoms. The lowest BCUT2D eigenvalue weighted by Gasteiger charge is -2.18. The summed E-state index contributed by atoms with van der Waals surface area (Å²) in [7, 11) is 0.